The van der Waals surface area contributed by atoms with E-state index in [-0.39, 0.29) is 0 Å². The van der Waals surface area contributed by atoms with Crippen LogP contribution in [0.25, 0.3) is 38.8 Å². The molecule has 0 amide bonds. The molecule has 0 saturated carbocycles. The number of para-hydroxylation sites is 1. The van der Waals surface area contributed by atoms with E-state index < -0.39 is 0 Å². The Kier molecular flexibility index (Phi) is 4.13. The van der Waals surface area contributed by atoms with Crippen LogP contribution in [0.15, 0.2) is 79.0 Å². The zero-order chi connectivity index (χ0) is 19.8. The molecular formula is C24H19N3O2. The van der Waals surface area contributed by atoms with E-state index in [0.29, 0.717) is 0 Å². The van der Waals surface area contributed by atoms with E-state index in [1.54, 1.807) is 14.2 Å². The molecule has 0 N–H and O–H groups in total. The van der Waals surface area contributed by atoms with Gasteiger partial charge >= 0.3 is 0 Å². The fourth-order valence-electron chi connectivity index (χ4n) is 3.60. The number of rotatable bonds is 4. The van der Waals surface area contributed by atoms with Crippen molar-refractivity contribution in [2.24, 2.45) is 0 Å². The molecule has 0 fully saturated rings. The van der Waals surface area contributed by atoms with Crippen molar-refractivity contribution >= 4 is 21.8 Å². The first-order valence-electron chi connectivity index (χ1n) is 9.34. The van der Waals surface area contributed by atoms with Gasteiger partial charge in [0.1, 0.15) is 17.2 Å². The monoisotopic (exact) mass is 381 g/mol. The summed E-state index contributed by atoms with van der Waals surface area (Å²) in [6, 6.07) is 24.0. The van der Waals surface area contributed by atoms with E-state index in [2.05, 4.69) is 11.1 Å². The molecule has 0 aliphatic heterocycles. The fourth-order valence-corrected chi connectivity index (χ4v) is 3.60. The molecule has 0 bridgehead atoms. The van der Waals surface area contributed by atoms with Crippen LogP contribution in [0.4, 0.5) is 0 Å². The summed E-state index contributed by atoms with van der Waals surface area (Å²) in [7, 11) is 3.33. The van der Waals surface area contributed by atoms with Crippen LogP contribution >= 0.6 is 0 Å². The topological polar surface area (TPSA) is 49.2 Å². The molecule has 0 aliphatic rings. The van der Waals surface area contributed by atoms with Gasteiger partial charge in [-0.2, -0.15) is 5.10 Å². The predicted molar refractivity (Wildman–Crippen MR) is 115 cm³/mol. The van der Waals surface area contributed by atoms with Gasteiger partial charge in [-0.25, -0.2) is 4.68 Å². The lowest BCUT2D eigenvalue weighted by Gasteiger charge is -2.07. The van der Waals surface area contributed by atoms with Gasteiger partial charge in [0.2, 0.25) is 0 Å². The van der Waals surface area contributed by atoms with Gasteiger partial charge in [0, 0.05) is 22.5 Å². The molecule has 5 rings (SSSR count). The van der Waals surface area contributed by atoms with Crippen molar-refractivity contribution in [1.82, 2.24) is 14.8 Å². The summed E-state index contributed by atoms with van der Waals surface area (Å²) in [4.78, 5) is 4.67. The molecule has 0 atom stereocenters. The highest BCUT2D eigenvalue weighted by Gasteiger charge is 2.17. The largest absolute Gasteiger partial charge is 0.497 e. The number of hydrogen-bond donors (Lipinski definition) is 0. The van der Waals surface area contributed by atoms with Crippen molar-refractivity contribution in [2.75, 3.05) is 14.2 Å². The second-order valence-electron chi connectivity index (χ2n) is 6.72. The second kappa shape index (κ2) is 6.95. The van der Waals surface area contributed by atoms with Crippen molar-refractivity contribution in [3.05, 3.63) is 79.0 Å². The molecule has 0 aliphatic carbocycles. The summed E-state index contributed by atoms with van der Waals surface area (Å²) < 4.78 is 12.6. The molecule has 0 spiro atoms. The first kappa shape index (κ1) is 17.3. The highest BCUT2D eigenvalue weighted by Crippen LogP contribution is 2.34. The van der Waals surface area contributed by atoms with Crippen LogP contribution in [0.1, 0.15) is 0 Å². The molecule has 0 unspecified atom stereocenters. The number of benzene rings is 3. The molecule has 29 heavy (non-hydrogen) atoms. The molecule has 5 heteroatoms. The zero-order valence-corrected chi connectivity index (χ0v) is 16.2. The molecule has 0 saturated heterocycles. The van der Waals surface area contributed by atoms with E-state index in [4.69, 9.17) is 14.6 Å². The zero-order valence-electron chi connectivity index (χ0n) is 16.2. The first-order valence-corrected chi connectivity index (χ1v) is 9.34. The third-order valence-corrected chi connectivity index (χ3v) is 5.09. The number of hydrogen-bond acceptors (Lipinski definition) is 4. The van der Waals surface area contributed by atoms with Crippen LogP contribution in [0.2, 0.25) is 0 Å². The van der Waals surface area contributed by atoms with Crippen LogP contribution < -0.4 is 9.47 Å². The van der Waals surface area contributed by atoms with Crippen molar-refractivity contribution < 1.29 is 9.47 Å². The van der Waals surface area contributed by atoms with Gasteiger partial charge in [-0.1, -0.05) is 18.2 Å². The van der Waals surface area contributed by atoms with E-state index >= 15 is 0 Å². The Balaban J connectivity index is 1.81. The van der Waals surface area contributed by atoms with Crippen molar-refractivity contribution in [3.63, 3.8) is 0 Å². The Morgan fingerprint density at radius 2 is 1.38 bits per heavy atom. The number of fused-ring (bicyclic) bond motifs is 3. The molecular weight excluding hydrogens is 362 g/mol. The van der Waals surface area contributed by atoms with Gasteiger partial charge in [-0.3, -0.25) is 4.98 Å². The van der Waals surface area contributed by atoms with Crippen LogP contribution in [-0.2, 0) is 0 Å². The summed E-state index contributed by atoms with van der Waals surface area (Å²) in [5.41, 5.74) is 4.84. The van der Waals surface area contributed by atoms with E-state index in [9.17, 15) is 0 Å². The lowest BCUT2D eigenvalue weighted by molar-refractivity contribution is 0.414. The molecule has 5 aromatic rings. The second-order valence-corrected chi connectivity index (χ2v) is 6.72. The molecule has 5 nitrogen and oxygen atoms in total. The van der Waals surface area contributed by atoms with E-state index in [0.717, 1.165) is 50.2 Å². The standard InChI is InChI=1S/C24H19N3O2/c1-28-18-11-7-16(8-12-18)23-21-15-25-22-6-4-3-5-20(22)24(21)27(26-23)17-9-13-19(29-2)14-10-17/h3-15H,1-2H3. The average Bonchev–Trinajstić information content (AvgIpc) is 3.19. The smallest absolute Gasteiger partial charge is 0.119 e. The number of ether oxygens (including phenoxy) is 2. The van der Waals surface area contributed by atoms with Crippen LogP contribution in [0.3, 0.4) is 0 Å². The quantitative estimate of drug-likeness (QED) is 0.426. The Morgan fingerprint density at radius 3 is 2.07 bits per heavy atom. The molecule has 142 valence electrons. The Labute approximate surface area is 168 Å². The Bertz CT molecular complexity index is 1310. The van der Waals surface area contributed by atoms with Crippen LogP contribution in [-0.4, -0.2) is 29.0 Å². The number of nitrogens with zero attached hydrogens (tertiary/aromatic N) is 3. The highest BCUT2D eigenvalue weighted by molar-refractivity contribution is 6.08. The normalized spacial score (nSPS) is 11.1. The van der Waals surface area contributed by atoms with Gasteiger partial charge in [0.05, 0.1) is 30.9 Å². The Hall–Kier alpha value is -3.86. The minimum atomic E-state index is 0.812. The van der Waals surface area contributed by atoms with Crippen molar-refractivity contribution in [1.29, 1.82) is 0 Å². The summed E-state index contributed by atoms with van der Waals surface area (Å²) in [5, 5.41) is 7.05. The van der Waals surface area contributed by atoms with Crippen molar-refractivity contribution in [3.8, 4) is 28.4 Å². The van der Waals surface area contributed by atoms with Crippen molar-refractivity contribution in [2.45, 2.75) is 0 Å². The SMILES string of the molecule is COc1ccc(-c2nn(-c3ccc(OC)cc3)c3c2cnc2ccccc23)cc1. The lowest BCUT2D eigenvalue weighted by Crippen LogP contribution is -1.97. The minimum absolute atomic E-state index is 0.812. The van der Waals surface area contributed by atoms with Gasteiger partial charge in [0.15, 0.2) is 0 Å². The minimum Gasteiger partial charge on any atom is -0.497 e. The number of pyridine rings is 1. The maximum atomic E-state index is 5.31. The molecule has 2 heterocycles. The average molecular weight is 381 g/mol. The van der Waals surface area contributed by atoms with Gasteiger partial charge in [0.25, 0.3) is 0 Å². The third kappa shape index (κ3) is 2.88. The predicted octanol–water partition coefficient (Wildman–Crippen LogP) is 5.26. The molecule has 0 radical (unpaired) electrons. The maximum Gasteiger partial charge on any atom is 0.119 e. The first-order chi connectivity index (χ1) is 14.3. The number of methoxy groups -OCH3 is 2. The van der Waals surface area contributed by atoms with E-state index in [1.807, 2.05) is 77.6 Å². The summed E-state index contributed by atoms with van der Waals surface area (Å²) >= 11 is 0. The summed E-state index contributed by atoms with van der Waals surface area (Å²) in [6.07, 6.45) is 1.91. The summed E-state index contributed by atoms with van der Waals surface area (Å²) in [6.45, 7) is 0. The van der Waals surface area contributed by atoms with Crippen LogP contribution in [0, 0.1) is 0 Å². The molecule has 3 aromatic carbocycles. The lowest BCUT2D eigenvalue weighted by atomic mass is 10.1. The van der Waals surface area contributed by atoms with Gasteiger partial charge in [-0.15, -0.1) is 0 Å². The maximum absolute atomic E-state index is 5.31. The molecule has 2 aromatic heterocycles. The fraction of sp³-hybridized carbons (Fsp3) is 0.0833. The van der Waals surface area contributed by atoms with E-state index in [1.165, 1.54) is 0 Å². The summed E-state index contributed by atoms with van der Waals surface area (Å²) in [5.74, 6) is 1.63. The number of aromatic nitrogens is 3. The van der Waals surface area contributed by atoms with Crippen LogP contribution in [0.5, 0.6) is 11.5 Å². The Morgan fingerprint density at radius 1 is 0.724 bits per heavy atom. The van der Waals surface area contributed by atoms with Gasteiger partial charge in [-0.05, 0) is 54.6 Å². The third-order valence-electron chi connectivity index (χ3n) is 5.09. The highest BCUT2D eigenvalue weighted by atomic mass is 16.5. The van der Waals surface area contributed by atoms with Gasteiger partial charge < -0.3 is 9.47 Å².